The van der Waals surface area contributed by atoms with Crippen LogP contribution in [0.2, 0.25) is 0 Å². The number of rotatable bonds is 6. The molecule has 21 heavy (non-hydrogen) atoms. The van der Waals surface area contributed by atoms with Gasteiger partial charge < -0.3 is 0 Å². The van der Waals surface area contributed by atoms with E-state index in [1.807, 2.05) is 40.7 Å². The number of aryl methyl sites for hydroxylation is 1. The van der Waals surface area contributed by atoms with Crippen LogP contribution >= 0.6 is 27.5 Å². The summed E-state index contributed by atoms with van der Waals surface area (Å²) in [5.41, 5.74) is 1.68. The van der Waals surface area contributed by atoms with Crippen molar-refractivity contribution in [3.05, 3.63) is 27.7 Å². The quantitative estimate of drug-likeness (QED) is 0.661. The van der Waals surface area contributed by atoms with Crippen molar-refractivity contribution in [2.24, 2.45) is 5.92 Å². The van der Waals surface area contributed by atoms with Crippen LogP contribution in [0.15, 0.2) is 21.5 Å². The van der Waals surface area contributed by atoms with Gasteiger partial charge in [-0.2, -0.15) is 4.31 Å². The molecule has 0 aromatic heterocycles. The lowest BCUT2D eigenvalue weighted by Gasteiger charge is -2.28. The van der Waals surface area contributed by atoms with Crippen LogP contribution < -0.4 is 0 Å². The van der Waals surface area contributed by atoms with Gasteiger partial charge in [0.25, 0.3) is 0 Å². The zero-order valence-electron chi connectivity index (χ0n) is 13.2. The third-order valence-electron chi connectivity index (χ3n) is 3.14. The highest BCUT2D eigenvalue weighted by Gasteiger charge is 2.30. The van der Waals surface area contributed by atoms with E-state index in [4.69, 9.17) is 11.6 Å². The van der Waals surface area contributed by atoms with E-state index in [0.29, 0.717) is 21.8 Å². The summed E-state index contributed by atoms with van der Waals surface area (Å²) in [6.07, 6.45) is 0. The molecule has 1 aromatic rings. The minimum atomic E-state index is -3.55. The van der Waals surface area contributed by atoms with Crippen molar-refractivity contribution in [3.63, 3.8) is 0 Å². The third-order valence-corrected chi connectivity index (χ3v) is 6.83. The van der Waals surface area contributed by atoms with Gasteiger partial charge in [-0.15, -0.1) is 11.6 Å². The van der Waals surface area contributed by atoms with E-state index in [-0.39, 0.29) is 12.0 Å². The Morgan fingerprint density at radius 2 is 1.81 bits per heavy atom. The van der Waals surface area contributed by atoms with E-state index in [2.05, 4.69) is 15.9 Å². The van der Waals surface area contributed by atoms with Crippen LogP contribution in [0.3, 0.4) is 0 Å². The van der Waals surface area contributed by atoms with Crippen molar-refractivity contribution in [3.8, 4) is 0 Å². The molecule has 0 spiro atoms. The van der Waals surface area contributed by atoms with Crippen molar-refractivity contribution in [1.82, 2.24) is 4.31 Å². The minimum Gasteiger partial charge on any atom is -0.207 e. The first-order valence-electron chi connectivity index (χ1n) is 6.98. The van der Waals surface area contributed by atoms with Gasteiger partial charge in [-0.1, -0.05) is 19.9 Å². The molecule has 0 aliphatic heterocycles. The zero-order chi connectivity index (χ0) is 16.4. The van der Waals surface area contributed by atoms with Gasteiger partial charge in [0.1, 0.15) is 0 Å². The average Bonchev–Trinajstić information content (AvgIpc) is 2.38. The number of benzene rings is 1. The molecule has 120 valence electrons. The van der Waals surface area contributed by atoms with Crippen molar-refractivity contribution in [1.29, 1.82) is 0 Å². The number of sulfonamides is 1. The van der Waals surface area contributed by atoms with Gasteiger partial charge in [-0.3, -0.25) is 0 Å². The number of hydrogen-bond donors (Lipinski definition) is 0. The topological polar surface area (TPSA) is 37.4 Å². The molecular formula is C15H23BrClNO2S. The number of hydrogen-bond acceptors (Lipinski definition) is 2. The second-order valence-corrected chi connectivity index (χ2v) is 8.84. The maximum atomic E-state index is 13.0. The molecule has 0 amide bonds. The normalized spacial score (nSPS) is 12.7. The summed E-state index contributed by atoms with van der Waals surface area (Å²) in [6.45, 7) is 10.2. The van der Waals surface area contributed by atoms with Crippen LogP contribution in [-0.4, -0.2) is 25.3 Å². The van der Waals surface area contributed by atoms with Gasteiger partial charge in [0, 0.05) is 22.9 Å². The van der Waals surface area contributed by atoms with Gasteiger partial charge in [-0.05, 0) is 59.8 Å². The summed E-state index contributed by atoms with van der Waals surface area (Å²) in [6, 6.07) is 3.47. The highest BCUT2D eigenvalue weighted by atomic mass is 79.9. The van der Waals surface area contributed by atoms with Crippen molar-refractivity contribution in [2.45, 2.75) is 51.4 Å². The van der Waals surface area contributed by atoms with Crippen molar-refractivity contribution in [2.75, 3.05) is 6.54 Å². The highest BCUT2D eigenvalue weighted by molar-refractivity contribution is 9.10. The summed E-state index contributed by atoms with van der Waals surface area (Å²) in [4.78, 5) is 0.299. The standard InChI is InChI=1S/C15H23BrClNO2S/c1-10(2)9-18(11(3)4)21(19,20)14-7-13(8-17)6-12(5)15(14)16/h6-7,10-11H,8-9H2,1-5H3. The summed E-state index contributed by atoms with van der Waals surface area (Å²) >= 11 is 9.29. The first-order chi connectivity index (χ1) is 9.61. The van der Waals surface area contributed by atoms with Crippen LogP contribution in [-0.2, 0) is 15.9 Å². The van der Waals surface area contributed by atoms with Gasteiger partial charge in [-0.25, -0.2) is 8.42 Å². The fourth-order valence-corrected chi connectivity index (χ4v) is 5.13. The largest absolute Gasteiger partial charge is 0.244 e. The van der Waals surface area contributed by atoms with Crippen LogP contribution in [0.1, 0.15) is 38.8 Å². The molecule has 0 bridgehead atoms. The molecule has 0 N–H and O–H groups in total. The Bertz CT molecular complexity index is 600. The molecule has 0 atom stereocenters. The number of alkyl halides is 1. The van der Waals surface area contributed by atoms with Gasteiger partial charge >= 0.3 is 0 Å². The Morgan fingerprint density at radius 3 is 2.24 bits per heavy atom. The number of halogens is 2. The Labute approximate surface area is 141 Å². The first-order valence-corrected chi connectivity index (χ1v) is 9.74. The number of nitrogens with zero attached hydrogens (tertiary/aromatic N) is 1. The fraction of sp³-hybridized carbons (Fsp3) is 0.600. The van der Waals surface area contributed by atoms with Crippen molar-refractivity contribution >= 4 is 37.6 Å². The predicted octanol–water partition coefficient (Wildman–Crippen LogP) is 4.55. The molecule has 0 fully saturated rings. The minimum absolute atomic E-state index is 0.0933. The first kappa shape index (κ1) is 18.9. The monoisotopic (exact) mass is 395 g/mol. The second kappa shape index (κ2) is 7.44. The van der Waals surface area contributed by atoms with E-state index >= 15 is 0 Å². The molecule has 0 unspecified atom stereocenters. The smallest absolute Gasteiger partial charge is 0.207 e. The third kappa shape index (κ3) is 4.44. The molecule has 1 rings (SSSR count). The summed E-state index contributed by atoms with van der Waals surface area (Å²) in [5.74, 6) is 0.556. The summed E-state index contributed by atoms with van der Waals surface area (Å²) in [5, 5.41) is 0. The van der Waals surface area contributed by atoms with E-state index in [1.165, 1.54) is 0 Å². The van der Waals surface area contributed by atoms with Crippen LogP contribution in [0.25, 0.3) is 0 Å². The molecule has 6 heteroatoms. The molecule has 0 radical (unpaired) electrons. The van der Waals surface area contributed by atoms with E-state index in [9.17, 15) is 8.42 Å². The van der Waals surface area contributed by atoms with Crippen LogP contribution in [0, 0.1) is 12.8 Å². The zero-order valence-corrected chi connectivity index (χ0v) is 16.3. The molecule has 1 aromatic carbocycles. The summed E-state index contributed by atoms with van der Waals surface area (Å²) < 4.78 is 28.2. The molecule has 0 aliphatic carbocycles. The highest BCUT2D eigenvalue weighted by Crippen LogP contribution is 2.31. The van der Waals surface area contributed by atoms with Crippen LogP contribution in [0.4, 0.5) is 0 Å². The van der Waals surface area contributed by atoms with E-state index in [1.54, 1.807) is 10.4 Å². The maximum absolute atomic E-state index is 13.0. The molecule has 3 nitrogen and oxygen atoms in total. The molecule has 0 aliphatic rings. The van der Waals surface area contributed by atoms with E-state index < -0.39 is 10.0 Å². The Morgan fingerprint density at radius 1 is 1.24 bits per heavy atom. The lowest BCUT2D eigenvalue weighted by molar-refractivity contribution is 0.318. The second-order valence-electron chi connectivity index (χ2n) is 5.92. The Kier molecular flexibility index (Phi) is 6.72. The molecule has 0 heterocycles. The SMILES string of the molecule is Cc1cc(CCl)cc(S(=O)(=O)N(CC(C)C)C(C)C)c1Br. The van der Waals surface area contributed by atoms with Crippen LogP contribution in [0.5, 0.6) is 0 Å². The van der Waals surface area contributed by atoms with Crippen molar-refractivity contribution < 1.29 is 8.42 Å². The lowest BCUT2D eigenvalue weighted by Crippen LogP contribution is -2.39. The maximum Gasteiger partial charge on any atom is 0.244 e. The van der Waals surface area contributed by atoms with Gasteiger partial charge in [0.15, 0.2) is 0 Å². The molecule has 0 saturated heterocycles. The predicted molar refractivity (Wildman–Crippen MR) is 92.3 cm³/mol. The Balaban J connectivity index is 3.44. The fourth-order valence-electron chi connectivity index (χ4n) is 2.15. The lowest BCUT2D eigenvalue weighted by atomic mass is 10.2. The molecular weight excluding hydrogens is 374 g/mol. The summed E-state index contributed by atoms with van der Waals surface area (Å²) in [7, 11) is -3.55. The van der Waals surface area contributed by atoms with Gasteiger partial charge in [0.2, 0.25) is 10.0 Å². The molecule has 0 saturated carbocycles. The average molecular weight is 397 g/mol. The van der Waals surface area contributed by atoms with Gasteiger partial charge in [0.05, 0.1) is 4.90 Å². The van der Waals surface area contributed by atoms with E-state index in [0.717, 1.165) is 11.1 Å². The Hall–Kier alpha value is -0.100.